The number of fused-ring (bicyclic) bond motifs is 8. The van der Waals surface area contributed by atoms with Gasteiger partial charge in [-0.1, -0.05) is 141 Å². The Hall–Kier alpha value is -6.38. The van der Waals surface area contributed by atoms with Crippen molar-refractivity contribution < 1.29 is 4.42 Å². The Morgan fingerprint density at radius 2 is 1.00 bits per heavy atom. The van der Waals surface area contributed by atoms with Crippen molar-refractivity contribution in [2.24, 2.45) is 0 Å². The van der Waals surface area contributed by atoms with Gasteiger partial charge >= 0.3 is 0 Å². The summed E-state index contributed by atoms with van der Waals surface area (Å²) in [7, 11) is 0. The summed E-state index contributed by atoms with van der Waals surface area (Å²) in [6.07, 6.45) is 0. The molecule has 0 N–H and O–H groups in total. The zero-order chi connectivity index (χ0) is 34.1. The van der Waals surface area contributed by atoms with Crippen LogP contribution in [0.15, 0.2) is 180 Å². The van der Waals surface area contributed by atoms with E-state index in [0.717, 1.165) is 49.8 Å². The van der Waals surface area contributed by atoms with Crippen LogP contribution in [0.3, 0.4) is 0 Å². The predicted octanol–water partition coefficient (Wildman–Crippen LogP) is 13.8. The summed E-state index contributed by atoms with van der Waals surface area (Å²) in [5, 5.41) is 4.46. The van der Waals surface area contributed by atoms with Crippen molar-refractivity contribution in [3.8, 4) is 33.4 Å². The molecule has 0 saturated heterocycles. The lowest BCUT2D eigenvalue weighted by Gasteiger charge is -2.27. The fourth-order valence-electron chi connectivity index (χ4n) is 8.27. The van der Waals surface area contributed by atoms with Crippen LogP contribution in [-0.2, 0) is 5.41 Å². The Morgan fingerprint density at radius 1 is 0.412 bits per heavy atom. The molecule has 0 unspecified atom stereocenters. The molecular weight excluding hydrogens is 619 g/mol. The van der Waals surface area contributed by atoms with Gasteiger partial charge in [0.05, 0.1) is 5.69 Å². The van der Waals surface area contributed by atoms with E-state index < -0.39 is 0 Å². The van der Waals surface area contributed by atoms with E-state index in [-0.39, 0.29) is 5.41 Å². The van der Waals surface area contributed by atoms with E-state index in [1.165, 1.54) is 44.5 Å². The number of anilines is 3. The second-order valence-electron chi connectivity index (χ2n) is 14.1. The summed E-state index contributed by atoms with van der Waals surface area (Å²) < 4.78 is 6.70. The van der Waals surface area contributed by atoms with E-state index in [1.54, 1.807) is 0 Å². The molecule has 8 aromatic carbocycles. The van der Waals surface area contributed by atoms with Crippen molar-refractivity contribution in [3.05, 3.63) is 187 Å². The maximum atomic E-state index is 6.70. The molecule has 0 amide bonds. The Labute approximate surface area is 297 Å². The number of para-hydroxylation sites is 1. The molecule has 1 aromatic heterocycles. The van der Waals surface area contributed by atoms with Crippen LogP contribution in [0.4, 0.5) is 17.1 Å². The highest BCUT2D eigenvalue weighted by Crippen LogP contribution is 2.50. The van der Waals surface area contributed by atoms with Crippen LogP contribution >= 0.6 is 0 Å². The molecule has 0 radical (unpaired) electrons. The van der Waals surface area contributed by atoms with Crippen molar-refractivity contribution in [1.82, 2.24) is 0 Å². The second kappa shape index (κ2) is 11.3. The smallest absolute Gasteiger partial charge is 0.143 e. The van der Waals surface area contributed by atoms with E-state index in [2.05, 4.69) is 195 Å². The van der Waals surface area contributed by atoms with Crippen molar-refractivity contribution >= 4 is 49.8 Å². The van der Waals surface area contributed by atoms with Gasteiger partial charge in [0.1, 0.15) is 11.2 Å². The van der Waals surface area contributed by atoms with Gasteiger partial charge in [0.2, 0.25) is 0 Å². The standard InChI is InChI=1S/C49H35NO/c1-49(2)44-20-12-11-17-38(44)39-27-23-35(30-45(39)49)34-24-28-47-42(29-34)43-31-46(40-18-9-10-19-41(40)48(43)51-47)50(36-15-7-4-8-16-36)37-25-21-33(22-26-37)32-13-5-3-6-14-32/h3-31H,1-2H3. The van der Waals surface area contributed by atoms with Crippen LogP contribution < -0.4 is 4.90 Å². The third kappa shape index (κ3) is 4.64. The largest absolute Gasteiger partial charge is 0.455 e. The van der Waals surface area contributed by atoms with Crippen molar-refractivity contribution in [2.45, 2.75) is 19.3 Å². The zero-order valence-corrected chi connectivity index (χ0v) is 28.6. The first kappa shape index (κ1) is 29.5. The highest BCUT2D eigenvalue weighted by molar-refractivity contribution is 6.20. The number of nitrogens with zero attached hydrogens (tertiary/aromatic N) is 1. The first-order valence-corrected chi connectivity index (χ1v) is 17.7. The predicted molar refractivity (Wildman–Crippen MR) is 214 cm³/mol. The number of furan rings is 1. The Bertz CT molecular complexity index is 2760. The third-order valence-corrected chi connectivity index (χ3v) is 10.9. The number of benzene rings is 8. The SMILES string of the molecule is CC1(C)c2ccccc2-c2ccc(-c3ccc4oc5c6ccccc6c(N(c6ccccc6)c6ccc(-c7ccccc7)cc6)cc5c4c3)cc21. The van der Waals surface area contributed by atoms with Gasteiger partial charge in [-0.3, -0.25) is 0 Å². The summed E-state index contributed by atoms with van der Waals surface area (Å²) in [6.45, 7) is 4.68. The van der Waals surface area contributed by atoms with Gasteiger partial charge in [0.25, 0.3) is 0 Å². The molecule has 9 aromatic rings. The summed E-state index contributed by atoms with van der Waals surface area (Å²) in [6, 6.07) is 63.5. The summed E-state index contributed by atoms with van der Waals surface area (Å²) in [5.74, 6) is 0. The van der Waals surface area contributed by atoms with Crippen LogP contribution in [0, 0.1) is 0 Å². The summed E-state index contributed by atoms with van der Waals surface area (Å²) in [5.41, 5.74) is 15.3. The maximum absolute atomic E-state index is 6.70. The van der Waals surface area contributed by atoms with Crippen LogP contribution in [0.1, 0.15) is 25.0 Å². The zero-order valence-electron chi connectivity index (χ0n) is 28.6. The molecule has 0 bridgehead atoms. The minimum atomic E-state index is -0.0532. The molecule has 1 aliphatic carbocycles. The van der Waals surface area contributed by atoms with Crippen molar-refractivity contribution in [2.75, 3.05) is 4.90 Å². The van der Waals surface area contributed by atoms with Gasteiger partial charge in [0.15, 0.2) is 0 Å². The monoisotopic (exact) mass is 653 g/mol. The van der Waals surface area contributed by atoms with Gasteiger partial charge in [-0.15, -0.1) is 0 Å². The van der Waals surface area contributed by atoms with Crippen LogP contribution in [0.25, 0.3) is 66.1 Å². The molecule has 0 saturated carbocycles. The average molecular weight is 654 g/mol. The van der Waals surface area contributed by atoms with Crippen LogP contribution in [0.2, 0.25) is 0 Å². The average Bonchev–Trinajstić information content (AvgIpc) is 3.67. The fraction of sp³-hybridized carbons (Fsp3) is 0.0612. The van der Waals surface area contributed by atoms with Crippen molar-refractivity contribution in [1.29, 1.82) is 0 Å². The van der Waals surface area contributed by atoms with E-state index in [1.807, 2.05) is 0 Å². The molecule has 2 heteroatoms. The molecule has 1 heterocycles. The van der Waals surface area contributed by atoms with Gasteiger partial charge in [-0.05, 0) is 93.0 Å². The quantitative estimate of drug-likeness (QED) is 0.184. The Balaban J connectivity index is 1.16. The third-order valence-electron chi connectivity index (χ3n) is 10.9. The first-order chi connectivity index (χ1) is 25.0. The molecule has 51 heavy (non-hydrogen) atoms. The summed E-state index contributed by atoms with van der Waals surface area (Å²) >= 11 is 0. The lowest BCUT2D eigenvalue weighted by atomic mass is 9.81. The number of hydrogen-bond acceptors (Lipinski definition) is 2. The van der Waals surface area contributed by atoms with Crippen LogP contribution in [-0.4, -0.2) is 0 Å². The van der Waals surface area contributed by atoms with E-state index in [9.17, 15) is 0 Å². The summed E-state index contributed by atoms with van der Waals surface area (Å²) in [4.78, 5) is 2.37. The highest BCUT2D eigenvalue weighted by Gasteiger charge is 2.35. The minimum absolute atomic E-state index is 0.0532. The van der Waals surface area contributed by atoms with Crippen LogP contribution in [0.5, 0.6) is 0 Å². The Morgan fingerprint density at radius 3 is 1.80 bits per heavy atom. The molecule has 242 valence electrons. The molecule has 10 rings (SSSR count). The number of hydrogen-bond donors (Lipinski definition) is 0. The molecule has 1 aliphatic rings. The maximum Gasteiger partial charge on any atom is 0.143 e. The molecule has 0 atom stereocenters. The molecule has 0 spiro atoms. The van der Waals surface area contributed by atoms with Gasteiger partial charge in [-0.25, -0.2) is 0 Å². The van der Waals surface area contributed by atoms with Crippen molar-refractivity contribution in [3.63, 3.8) is 0 Å². The second-order valence-corrected chi connectivity index (χ2v) is 14.1. The lowest BCUT2D eigenvalue weighted by molar-refractivity contribution is 0.660. The normalized spacial score (nSPS) is 13.1. The topological polar surface area (TPSA) is 16.4 Å². The molecule has 2 nitrogen and oxygen atoms in total. The van der Waals surface area contributed by atoms with E-state index >= 15 is 0 Å². The van der Waals surface area contributed by atoms with E-state index in [0.29, 0.717) is 0 Å². The first-order valence-electron chi connectivity index (χ1n) is 17.7. The molecule has 0 aliphatic heterocycles. The number of rotatable bonds is 5. The lowest BCUT2D eigenvalue weighted by Crippen LogP contribution is -2.14. The highest BCUT2D eigenvalue weighted by atomic mass is 16.3. The van der Waals surface area contributed by atoms with Gasteiger partial charge in [-0.2, -0.15) is 0 Å². The fourth-order valence-corrected chi connectivity index (χ4v) is 8.27. The minimum Gasteiger partial charge on any atom is -0.455 e. The Kier molecular flexibility index (Phi) is 6.56. The molecule has 0 fully saturated rings. The molecular formula is C49H35NO. The van der Waals surface area contributed by atoms with E-state index in [4.69, 9.17) is 4.42 Å². The van der Waals surface area contributed by atoms with Gasteiger partial charge in [0, 0.05) is 38.3 Å². The van der Waals surface area contributed by atoms with Gasteiger partial charge < -0.3 is 9.32 Å².